The topological polar surface area (TPSA) is 51.0 Å². The Bertz CT molecular complexity index is 504. The van der Waals surface area contributed by atoms with E-state index in [0.717, 1.165) is 30.6 Å². The highest BCUT2D eigenvalue weighted by Crippen LogP contribution is 2.23. The average Bonchev–Trinajstić information content (AvgIpc) is 2.77. The van der Waals surface area contributed by atoms with E-state index in [2.05, 4.69) is 22.4 Å². The second-order valence-corrected chi connectivity index (χ2v) is 4.56. The maximum atomic E-state index is 6.01. The summed E-state index contributed by atoms with van der Waals surface area (Å²) in [6.07, 6.45) is 0.736. The van der Waals surface area contributed by atoms with Crippen molar-refractivity contribution < 1.29 is 4.42 Å². The molecule has 0 atom stereocenters. The normalized spacial score (nSPS) is 10.8. The molecule has 18 heavy (non-hydrogen) atoms. The zero-order valence-corrected chi connectivity index (χ0v) is 11.3. The molecule has 0 bridgehead atoms. The van der Waals surface area contributed by atoms with E-state index in [1.807, 2.05) is 25.1 Å². The smallest absolute Gasteiger partial charge is 0.247 e. The summed E-state index contributed by atoms with van der Waals surface area (Å²) in [6, 6.07) is 5.71. The van der Waals surface area contributed by atoms with Crippen molar-refractivity contribution in [1.82, 2.24) is 15.5 Å². The molecular formula is C13H16ClN3O. The van der Waals surface area contributed by atoms with E-state index < -0.39 is 0 Å². The molecule has 0 aliphatic heterocycles. The van der Waals surface area contributed by atoms with Gasteiger partial charge in [-0.2, -0.15) is 0 Å². The highest BCUT2D eigenvalue weighted by atomic mass is 35.5. The van der Waals surface area contributed by atoms with Crippen LogP contribution in [0, 0.1) is 6.92 Å². The number of aromatic nitrogens is 2. The number of halogens is 1. The summed E-state index contributed by atoms with van der Waals surface area (Å²) in [5.41, 5.74) is 1.94. The molecule has 0 spiro atoms. The standard InChI is InChI=1S/C13H16ClN3O/c1-3-15-5-4-12-16-17-13(18-12)10-6-9(2)7-11(14)8-10/h6-8,15H,3-5H2,1-2H3. The van der Waals surface area contributed by atoms with Crippen LogP contribution in [0.4, 0.5) is 0 Å². The van der Waals surface area contributed by atoms with Crippen LogP contribution in [0.5, 0.6) is 0 Å². The van der Waals surface area contributed by atoms with E-state index in [9.17, 15) is 0 Å². The Morgan fingerprint density at radius 1 is 1.28 bits per heavy atom. The molecule has 0 fully saturated rings. The monoisotopic (exact) mass is 265 g/mol. The van der Waals surface area contributed by atoms with Crippen LogP contribution in [0.3, 0.4) is 0 Å². The molecule has 5 heteroatoms. The first-order chi connectivity index (χ1) is 8.69. The lowest BCUT2D eigenvalue weighted by Crippen LogP contribution is -2.16. The van der Waals surface area contributed by atoms with E-state index >= 15 is 0 Å². The lowest BCUT2D eigenvalue weighted by atomic mass is 10.1. The van der Waals surface area contributed by atoms with Crippen LogP contribution >= 0.6 is 11.6 Å². The molecule has 0 saturated heterocycles. The van der Waals surface area contributed by atoms with E-state index in [4.69, 9.17) is 16.0 Å². The second kappa shape index (κ2) is 5.98. The third-order valence-electron chi connectivity index (χ3n) is 2.52. The van der Waals surface area contributed by atoms with Gasteiger partial charge in [0.05, 0.1) is 0 Å². The van der Waals surface area contributed by atoms with Crippen molar-refractivity contribution in [3.8, 4) is 11.5 Å². The highest BCUT2D eigenvalue weighted by molar-refractivity contribution is 6.30. The van der Waals surface area contributed by atoms with Crippen LogP contribution in [-0.4, -0.2) is 23.3 Å². The van der Waals surface area contributed by atoms with Gasteiger partial charge in [0.1, 0.15) is 0 Å². The largest absolute Gasteiger partial charge is 0.421 e. The lowest BCUT2D eigenvalue weighted by Gasteiger charge is -1.99. The molecule has 0 amide bonds. The number of hydrogen-bond acceptors (Lipinski definition) is 4. The Hall–Kier alpha value is -1.39. The Morgan fingerprint density at radius 3 is 2.83 bits per heavy atom. The Kier molecular flexibility index (Phi) is 4.33. The van der Waals surface area contributed by atoms with Gasteiger partial charge >= 0.3 is 0 Å². The van der Waals surface area contributed by atoms with Crippen molar-refractivity contribution in [3.05, 3.63) is 34.7 Å². The number of benzene rings is 1. The molecule has 0 unspecified atom stereocenters. The van der Waals surface area contributed by atoms with Crippen molar-refractivity contribution in [2.24, 2.45) is 0 Å². The molecule has 1 aromatic heterocycles. The number of hydrogen-bond donors (Lipinski definition) is 1. The maximum Gasteiger partial charge on any atom is 0.247 e. The first kappa shape index (κ1) is 13.1. The molecule has 0 radical (unpaired) electrons. The molecule has 4 nitrogen and oxygen atoms in total. The number of likely N-dealkylation sites (N-methyl/N-ethyl adjacent to an activating group) is 1. The summed E-state index contributed by atoms with van der Waals surface area (Å²) in [4.78, 5) is 0. The first-order valence-corrected chi connectivity index (χ1v) is 6.37. The van der Waals surface area contributed by atoms with Gasteiger partial charge in [-0.25, -0.2) is 0 Å². The van der Waals surface area contributed by atoms with E-state index in [-0.39, 0.29) is 0 Å². The molecule has 1 heterocycles. The van der Waals surface area contributed by atoms with Crippen molar-refractivity contribution >= 4 is 11.6 Å². The van der Waals surface area contributed by atoms with Crippen LogP contribution in [-0.2, 0) is 6.42 Å². The van der Waals surface area contributed by atoms with Gasteiger partial charge in [0.25, 0.3) is 0 Å². The van der Waals surface area contributed by atoms with Crippen LogP contribution in [0.2, 0.25) is 5.02 Å². The molecule has 2 aromatic rings. The highest BCUT2D eigenvalue weighted by Gasteiger charge is 2.09. The summed E-state index contributed by atoms with van der Waals surface area (Å²) in [7, 11) is 0. The van der Waals surface area contributed by atoms with Crippen molar-refractivity contribution in [2.75, 3.05) is 13.1 Å². The lowest BCUT2D eigenvalue weighted by molar-refractivity contribution is 0.496. The minimum atomic E-state index is 0.520. The van der Waals surface area contributed by atoms with E-state index in [1.54, 1.807) is 0 Å². The average molecular weight is 266 g/mol. The van der Waals surface area contributed by atoms with Crippen molar-refractivity contribution in [2.45, 2.75) is 20.3 Å². The fraction of sp³-hybridized carbons (Fsp3) is 0.385. The fourth-order valence-corrected chi connectivity index (χ4v) is 1.99. The van der Waals surface area contributed by atoms with Crippen LogP contribution in [0.15, 0.2) is 22.6 Å². The second-order valence-electron chi connectivity index (χ2n) is 4.12. The van der Waals surface area contributed by atoms with Gasteiger partial charge in [-0.05, 0) is 37.2 Å². The van der Waals surface area contributed by atoms with Crippen molar-refractivity contribution in [3.63, 3.8) is 0 Å². The van der Waals surface area contributed by atoms with Gasteiger partial charge in [0, 0.05) is 23.6 Å². The van der Waals surface area contributed by atoms with Gasteiger partial charge in [-0.15, -0.1) is 10.2 Å². The molecular weight excluding hydrogens is 250 g/mol. The molecule has 0 saturated carbocycles. The van der Waals surface area contributed by atoms with Crippen LogP contribution < -0.4 is 5.32 Å². The van der Waals surface area contributed by atoms with Gasteiger partial charge in [-0.3, -0.25) is 0 Å². The fourth-order valence-electron chi connectivity index (χ4n) is 1.70. The van der Waals surface area contributed by atoms with Gasteiger partial charge < -0.3 is 9.73 Å². The van der Waals surface area contributed by atoms with Crippen LogP contribution in [0.25, 0.3) is 11.5 Å². The Balaban J connectivity index is 2.13. The molecule has 96 valence electrons. The number of rotatable bonds is 5. The summed E-state index contributed by atoms with van der Waals surface area (Å²) in [6.45, 7) is 5.83. The number of nitrogens with zero attached hydrogens (tertiary/aromatic N) is 2. The zero-order chi connectivity index (χ0) is 13.0. The van der Waals surface area contributed by atoms with Gasteiger partial charge in [0.15, 0.2) is 0 Å². The summed E-state index contributed by atoms with van der Waals surface area (Å²) < 4.78 is 5.61. The third kappa shape index (κ3) is 3.31. The summed E-state index contributed by atoms with van der Waals surface area (Å²) in [5, 5.41) is 12.0. The summed E-state index contributed by atoms with van der Waals surface area (Å²) >= 11 is 6.01. The van der Waals surface area contributed by atoms with Crippen molar-refractivity contribution in [1.29, 1.82) is 0 Å². The van der Waals surface area contributed by atoms with E-state index in [0.29, 0.717) is 16.8 Å². The predicted molar refractivity (Wildman–Crippen MR) is 71.7 cm³/mol. The first-order valence-electron chi connectivity index (χ1n) is 5.99. The molecule has 0 aliphatic carbocycles. The Labute approximate surface area is 111 Å². The maximum absolute atomic E-state index is 6.01. The molecule has 1 aromatic carbocycles. The van der Waals surface area contributed by atoms with Crippen LogP contribution in [0.1, 0.15) is 18.4 Å². The molecule has 0 aliphatic rings. The van der Waals surface area contributed by atoms with Gasteiger partial charge in [-0.1, -0.05) is 18.5 Å². The Morgan fingerprint density at radius 2 is 2.11 bits per heavy atom. The number of aryl methyl sites for hydroxylation is 1. The third-order valence-corrected chi connectivity index (χ3v) is 2.74. The SMILES string of the molecule is CCNCCc1nnc(-c2cc(C)cc(Cl)c2)o1. The predicted octanol–water partition coefficient (Wildman–Crippen LogP) is 2.85. The zero-order valence-electron chi connectivity index (χ0n) is 10.5. The minimum Gasteiger partial charge on any atom is -0.421 e. The van der Waals surface area contributed by atoms with Gasteiger partial charge in [0.2, 0.25) is 11.8 Å². The quantitative estimate of drug-likeness (QED) is 0.845. The molecule has 1 N–H and O–H groups in total. The summed E-state index contributed by atoms with van der Waals surface area (Å²) in [5.74, 6) is 1.16. The minimum absolute atomic E-state index is 0.520. The molecule has 2 rings (SSSR count). The number of nitrogens with one attached hydrogen (secondary N) is 1. The van der Waals surface area contributed by atoms with E-state index in [1.165, 1.54) is 0 Å².